The van der Waals surface area contributed by atoms with Gasteiger partial charge in [-0.05, 0) is 25.0 Å². The predicted molar refractivity (Wildman–Crippen MR) is 91.1 cm³/mol. The van der Waals surface area contributed by atoms with Gasteiger partial charge in [-0.25, -0.2) is 0 Å². The van der Waals surface area contributed by atoms with Gasteiger partial charge in [-0.2, -0.15) is 0 Å². The van der Waals surface area contributed by atoms with Crippen LogP contribution in [0, 0.1) is 19.8 Å². The smallest absolute Gasteiger partial charge is 0.0717 e. The molecule has 22 heavy (non-hydrogen) atoms. The van der Waals surface area contributed by atoms with Gasteiger partial charge in [0.25, 0.3) is 0 Å². The van der Waals surface area contributed by atoms with Gasteiger partial charge in [0.05, 0.1) is 13.2 Å². The maximum absolute atomic E-state index is 6.03. The molecule has 1 aliphatic heterocycles. The minimum absolute atomic E-state index is 0.563. The fourth-order valence-electron chi connectivity index (χ4n) is 3.48. The van der Waals surface area contributed by atoms with Gasteiger partial charge < -0.3 is 10.1 Å². The molecule has 3 rings (SSSR count). The SMILES string of the molecule is Cc1cc(C)cc(COC[C@H]2CNC[C@@H]2c2ccccc2)c1. The molecule has 0 saturated carbocycles. The summed E-state index contributed by atoms with van der Waals surface area (Å²) in [6.45, 7) is 7.92. The Kier molecular flexibility index (Phi) is 4.91. The quantitative estimate of drug-likeness (QED) is 0.905. The van der Waals surface area contributed by atoms with E-state index in [0.29, 0.717) is 18.4 Å². The van der Waals surface area contributed by atoms with Gasteiger partial charge in [0.2, 0.25) is 0 Å². The lowest BCUT2D eigenvalue weighted by Gasteiger charge is -2.19. The molecule has 2 nitrogen and oxygen atoms in total. The normalized spacial score (nSPS) is 21.2. The first-order valence-corrected chi connectivity index (χ1v) is 8.13. The lowest BCUT2D eigenvalue weighted by Crippen LogP contribution is -2.17. The van der Waals surface area contributed by atoms with Gasteiger partial charge in [-0.3, -0.25) is 0 Å². The molecule has 1 N–H and O–H groups in total. The summed E-state index contributed by atoms with van der Waals surface area (Å²) in [4.78, 5) is 0. The van der Waals surface area contributed by atoms with E-state index in [9.17, 15) is 0 Å². The van der Waals surface area contributed by atoms with Crippen molar-refractivity contribution in [2.24, 2.45) is 5.92 Å². The molecule has 1 fully saturated rings. The zero-order valence-corrected chi connectivity index (χ0v) is 13.5. The molecule has 1 saturated heterocycles. The number of nitrogens with one attached hydrogen (secondary N) is 1. The average Bonchev–Trinajstić information content (AvgIpc) is 2.96. The van der Waals surface area contributed by atoms with E-state index in [1.807, 2.05) is 0 Å². The summed E-state index contributed by atoms with van der Waals surface area (Å²) in [6, 6.07) is 17.4. The maximum Gasteiger partial charge on any atom is 0.0717 e. The monoisotopic (exact) mass is 295 g/mol. The van der Waals surface area contributed by atoms with Crippen molar-refractivity contribution >= 4 is 0 Å². The van der Waals surface area contributed by atoms with Crippen LogP contribution >= 0.6 is 0 Å². The molecule has 2 heteroatoms. The van der Waals surface area contributed by atoms with Crippen LogP contribution in [-0.2, 0) is 11.3 Å². The zero-order valence-electron chi connectivity index (χ0n) is 13.5. The zero-order chi connectivity index (χ0) is 15.4. The van der Waals surface area contributed by atoms with Crippen LogP contribution < -0.4 is 5.32 Å². The summed E-state index contributed by atoms with van der Waals surface area (Å²) in [5.74, 6) is 1.13. The predicted octanol–water partition coefficient (Wildman–Crippen LogP) is 3.82. The molecule has 116 valence electrons. The Bertz CT molecular complexity index is 588. The molecule has 0 spiro atoms. The summed E-state index contributed by atoms with van der Waals surface area (Å²) in [7, 11) is 0. The lowest BCUT2D eigenvalue weighted by molar-refractivity contribution is 0.0877. The van der Waals surface area contributed by atoms with Crippen molar-refractivity contribution in [1.29, 1.82) is 0 Å². The van der Waals surface area contributed by atoms with Crippen LogP contribution in [0.25, 0.3) is 0 Å². The van der Waals surface area contributed by atoms with Crippen LogP contribution in [0.15, 0.2) is 48.5 Å². The van der Waals surface area contributed by atoms with Crippen LogP contribution in [0.4, 0.5) is 0 Å². The Hall–Kier alpha value is -1.64. The topological polar surface area (TPSA) is 21.3 Å². The molecule has 0 aromatic heterocycles. The lowest BCUT2D eigenvalue weighted by atomic mass is 9.89. The second-order valence-electron chi connectivity index (χ2n) is 6.45. The first-order chi connectivity index (χ1) is 10.7. The summed E-state index contributed by atoms with van der Waals surface area (Å²) >= 11 is 0. The number of benzene rings is 2. The van der Waals surface area contributed by atoms with E-state index in [0.717, 1.165) is 19.7 Å². The van der Waals surface area contributed by atoms with Crippen molar-refractivity contribution in [1.82, 2.24) is 5.32 Å². The first kappa shape index (κ1) is 15.3. The Balaban J connectivity index is 1.56. The minimum Gasteiger partial charge on any atom is -0.376 e. The largest absolute Gasteiger partial charge is 0.376 e. The standard InChI is InChI=1S/C20H25NO/c1-15-8-16(2)10-17(9-15)13-22-14-19-11-21-12-20(19)18-6-4-3-5-7-18/h3-10,19-21H,11-14H2,1-2H3/t19-,20-/m1/s1. The maximum atomic E-state index is 6.03. The first-order valence-electron chi connectivity index (χ1n) is 8.13. The van der Waals surface area contributed by atoms with Crippen molar-refractivity contribution in [2.45, 2.75) is 26.4 Å². The van der Waals surface area contributed by atoms with Gasteiger partial charge in [0.15, 0.2) is 0 Å². The Morgan fingerprint density at radius 1 is 1.00 bits per heavy atom. The molecule has 2 aromatic rings. The fraction of sp³-hybridized carbons (Fsp3) is 0.400. The van der Waals surface area contributed by atoms with Crippen molar-refractivity contribution in [3.05, 3.63) is 70.8 Å². The molecule has 0 amide bonds. The third-order valence-electron chi connectivity index (χ3n) is 4.45. The second kappa shape index (κ2) is 7.08. The molecule has 0 radical (unpaired) electrons. The van der Waals surface area contributed by atoms with Crippen LogP contribution in [-0.4, -0.2) is 19.7 Å². The van der Waals surface area contributed by atoms with Crippen molar-refractivity contribution < 1.29 is 4.74 Å². The van der Waals surface area contributed by atoms with Crippen LogP contribution in [0.2, 0.25) is 0 Å². The van der Waals surface area contributed by atoms with Crippen molar-refractivity contribution in [3.63, 3.8) is 0 Å². The number of rotatable bonds is 5. The van der Waals surface area contributed by atoms with E-state index in [4.69, 9.17) is 4.74 Å². The highest BCUT2D eigenvalue weighted by atomic mass is 16.5. The Morgan fingerprint density at radius 3 is 2.45 bits per heavy atom. The Labute approximate surface area is 133 Å². The summed E-state index contributed by atoms with van der Waals surface area (Å²) in [5.41, 5.74) is 5.32. The summed E-state index contributed by atoms with van der Waals surface area (Å²) in [6.07, 6.45) is 0. The average molecular weight is 295 g/mol. The van der Waals surface area contributed by atoms with Gasteiger partial charge in [-0.1, -0.05) is 59.7 Å². The molecule has 2 aromatic carbocycles. The van der Waals surface area contributed by atoms with E-state index in [-0.39, 0.29) is 0 Å². The van der Waals surface area contributed by atoms with Gasteiger partial charge in [0, 0.05) is 24.9 Å². The molecule has 2 atom stereocenters. The number of aryl methyl sites for hydroxylation is 2. The van der Waals surface area contributed by atoms with E-state index in [1.165, 1.54) is 22.3 Å². The molecule has 0 unspecified atom stereocenters. The molecule has 0 bridgehead atoms. The van der Waals surface area contributed by atoms with Gasteiger partial charge in [-0.15, -0.1) is 0 Å². The third-order valence-corrected chi connectivity index (χ3v) is 4.45. The van der Waals surface area contributed by atoms with Crippen LogP contribution in [0.5, 0.6) is 0 Å². The summed E-state index contributed by atoms with van der Waals surface area (Å²) < 4.78 is 6.03. The fourth-order valence-corrected chi connectivity index (χ4v) is 3.48. The van der Waals surface area contributed by atoms with E-state index >= 15 is 0 Å². The Morgan fingerprint density at radius 2 is 1.73 bits per heavy atom. The molecular weight excluding hydrogens is 270 g/mol. The highest BCUT2D eigenvalue weighted by Crippen LogP contribution is 2.28. The number of hydrogen-bond acceptors (Lipinski definition) is 2. The van der Waals surface area contributed by atoms with Gasteiger partial charge >= 0.3 is 0 Å². The molecule has 1 heterocycles. The van der Waals surface area contributed by atoms with E-state index in [1.54, 1.807) is 0 Å². The van der Waals surface area contributed by atoms with Crippen molar-refractivity contribution in [3.8, 4) is 0 Å². The molecule has 1 aliphatic rings. The second-order valence-corrected chi connectivity index (χ2v) is 6.45. The van der Waals surface area contributed by atoms with Crippen LogP contribution in [0.3, 0.4) is 0 Å². The third kappa shape index (κ3) is 3.76. The highest BCUT2D eigenvalue weighted by Gasteiger charge is 2.28. The van der Waals surface area contributed by atoms with E-state index in [2.05, 4.69) is 67.7 Å². The minimum atomic E-state index is 0.563. The number of ether oxygens (including phenoxy) is 1. The van der Waals surface area contributed by atoms with E-state index < -0.39 is 0 Å². The highest BCUT2D eigenvalue weighted by molar-refractivity contribution is 5.28. The van der Waals surface area contributed by atoms with Gasteiger partial charge in [0.1, 0.15) is 0 Å². The molecule has 0 aliphatic carbocycles. The summed E-state index contributed by atoms with van der Waals surface area (Å²) in [5, 5.41) is 3.51. The molecular formula is C20H25NO. The van der Waals surface area contributed by atoms with Crippen LogP contribution in [0.1, 0.15) is 28.2 Å². The van der Waals surface area contributed by atoms with Crippen molar-refractivity contribution in [2.75, 3.05) is 19.7 Å². The number of hydrogen-bond donors (Lipinski definition) is 1.